The maximum atomic E-state index is 9.48. The molecule has 2 N–H and O–H groups in total. The molecule has 0 aliphatic carbocycles. The minimum Gasteiger partial charge on any atom is -0.378 e. The Morgan fingerprint density at radius 3 is 1.82 bits per heavy atom. The van der Waals surface area contributed by atoms with Crippen molar-refractivity contribution in [1.82, 2.24) is 9.97 Å². The SMILES string of the molecule is CN(C)c1ccc(/C(c2ccc(C(C#N)=C(C#N)C#N)[nH]2)=c2\ccc(=C(C#N)C#N)[nH]2)cc1. The molecular weight excluding hydrogens is 412 g/mol. The van der Waals surface area contributed by atoms with E-state index < -0.39 is 0 Å². The number of allylic oxidation sites excluding steroid dienone is 2. The fraction of sp³-hybridized carbons (Fsp3) is 0.0800. The van der Waals surface area contributed by atoms with E-state index in [9.17, 15) is 15.8 Å². The number of nitrogens with one attached hydrogen (secondary N) is 2. The standard InChI is InChI=1S/C25H16N8/c1-33(2)19-5-3-16(4-6-19)25(23-9-7-21(31-23)18(13-28)14-29)24-10-8-22(32-24)20(15-30)17(11-26)12-27/h3-10,31-32H,1-2H3/b25-23-. The van der Waals surface area contributed by atoms with Crippen molar-refractivity contribution in [3.05, 3.63) is 81.8 Å². The molecular formula is C25H16N8. The number of hydrogen-bond acceptors (Lipinski definition) is 6. The van der Waals surface area contributed by atoms with Crippen LogP contribution in [0.3, 0.4) is 0 Å². The van der Waals surface area contributed by atoms with Crippen LogP contribution in [0, 0.1) is 56.7 Å². The number of H-pyrrole nitrogens is 2. The Hall–Kier alpha value is -5.49. The first-order valence-electron chi connectivity index (χ1n) is 9.63. The third-order valence-corrected chi connectivity index (χ3v) is 4.93. The summed E-state index contributed by atoms with van der Waals surface area (Å²) in [6.45, 7) is 0. The van der Waals surface area contributed by atoms with Gasteiger partial charge in [-0.2, -0.15) is 26.3 Å². The van der Waals surface area contributed by atoms with Gasteiger partial charge in [-0.25, -0.2) is 0 Å². The summed E-state index contributed by atoms with van der Waals surface area (Å²) in [5.74, 6) is 0. The lowest BCUT2D eigenvalue weighted by molar-refractivity contribution is 1.13. The Kier molecular flexibility index (Phi) is 6.42. The quantitative estimate of drug-likeness (QED) is 0.607. The Morgan fingerprint density at radius 1 is 0.667 bits per heavy atom. The number of rotatable bonds is 4. The van der Waals surface area contributed by atoms with E-state index in [4.69, 9.17) is 10.5 Å². The molecule has 0 bridgehead atoms. The predicted octanol–water partition coefficient (Wildman–Crippen LogP) is 2.18. The largest absolute Gasteiger partial charge is 0.378 e. The minimum atomic E-state index is -0.285. The summed E-state index contributed by atoms with van der Waals surface area (Å²) in [6, 6.07) is 23.7. The Bertz CT molecular complexity index is 1540. The lowest BCUT2D eigenvalue weighted by Gasteiger charge is -2.13. The van der Waals surface area contributed by atoms with Crippen LogP contribution in [-0.2, 0) is 0 Å². The Labute approximate surface area is 190 Å². The number of nitrogens with zero attached hydrogens (tertiary/aromatic N) is 6. The number of hydrogen-bond donors (Lipinski definition) is 2. The zero-order chi connectivity index (χ0) is 24.0. The van der Waals surface area contributed by atoms with E-state index in [1.165, 1.54) is 0 Å². The molecule has 2 aromatic heterocycles. The number of anilines is 1. The van der Waals surface area contributed by atoms with Crippen LogP contribution in [0.15, 0.2) is 54.1 Å². The van der Waals surface area contributed by atoms with E-state index in [0.717, 1.165) is 16.8 Å². The molecule has 3 rings (SSSR count). The van der Waals surface area contributed by atoms with E-state index in [2.05, 4.69) is 9.97 Å². The molecule has 0 saturated carbocycles. The van der Waals surface area contributed by atoms with Crippen molar-refractivity contribution in [2.45, 2.75) is 0 Å². The van der Waals surface area contributed by atoms with Gasteiger partial charge in [0.1, 0.15) is 41.5 Å². The molecule has 0 atom stereocenters. The average molecular weight is 428 g/mol. The molecule has 156 valence electrons. The van der Waals surface area contributed by atoms with Gasteiger partial charge in [-0.15, -0.1) is 0 Å². The van der Waals surface area contributed by atoms with Crippen LogP contribution in [0.2, 0.25) is 0 Å². The van der Waals surface area contributed by atoms with Gasteiger partial charge in [-0.3, -0.25) is 0 Å². The topological polar surface area (TPSA) is 154 Å². The monoisotopic (exact) mass is 428 g/mol. The van der Waals surface area contributed by atoms with Gasteiger partial charge in [0, 0.05) is 36.4 Å². The second-order valence-corrected chi connectivity index (χ2v) is 7.07. The fourth-order valence-corrected chi connectivity index (χ4v) is 3.29. The maximum absolute atomic E-state index is 9.48. The fourth-order valence-electron chi connectivity index (χ4n) is 3.29. The molecule has 0 aliphatic rings. The normalized spacial score (nSPS) is 10.5. The molecule has 3 aromatic rings. The first kappa shape index (κ1) is 22.2. The van der Waals surface area contributed by atoms with E-state index in [1.807, 2.05) is 61.5 Å². The van der Waals surface area contributed by atoms with E-state index in [0.29, 0.717) is 22.1 Å². The number of aromatic nitrogens is 2. The van der Waals surface area contributed by atoms with Crippen molar-refractivity contribution < 1.29 is 0 Å². The first-order chi connectivity index (χ1) is 16.0. The van der Waals surface area contributed by atoms with Crippen LogP contribution in [0.1, 0.15) is 17.0 Å². The smallest absolute Gasteiger partial charge is 0.153 e. The van der Waals surface area contributed by atoms with Crippen molar-refractivity contribution in [1.29, 1.82) is 26.3 Å². The number of aromatic amines is 2. The second kappa shape index (κ2) is 9.55. The molecule has 0 radical (unpaired) electrons. The third kappa shape index (κ3) is 4.35. The van der Waals surface area contributed by atoms with E-state index >= 15 is 0 Å². The first-order valence-corrected chi connectivity index (χ1v) is 9.63. The van der Waals surface area contributed by atoms with Gasteiger partial charge >= 0.3 is 0 Å². The van der Waals surface area contributed by atoms with Crippen LogP contribution in [0.5, 0.6) is 0 Å². The molecule has 0 spiro atoms. The molecule has 0 saturated heterocycles. The summed E-state index contributed by atoms with van der Waals surface area (Å²) in [6.07, 6.45) is 0. The molecule has 0 aliphatic heterocycles. The Morgan fingerprint density at radius 2 is 1.27 bits per heavy atom. The molecule has 33 heavy (non-hydrogen) atoms. The van der Waals surface area contributed by atoms with Crippen LogP contribution >= 0.6 is 0 Å². The summed E-state index contributed by atoms with van der Waals surface area (Å²) in [5.41, 5.74) is 3.14. The van der Waals surface area contributed by atoms with Crippen molar-refractivity contribution in [3.8, 4) is 30.3 Å². The van der Waals surface area contributed by atoms with Gasteiger partial charge in [0.25, 0.3) is 0 Å². The van der Waals surface area contributed by atoms with E-state index in [1.54, 1.807) is 36.4 Å². The summed E-state index contributed by atoms with van der Waals surface area (Å²) in [4.78, 5) is 8.21. The molecule has 2 heterocycles. The molecule has 8 heteroatoms. The van der Waals surface area contributed by atoms with Crippen molar-refractivity contribution in [2.75, 3.05) is 19.0 Å². The number of benzene rings is 1. The molecule has 0 fully saturated rings. The zero-order valence-corrected chi connectivity index (χ0v) is 17.8. The lowest BCUT2D eigenvalue weighted by Crippen LogP contribution is -2.16. The van der Waals surface area contributed by atoms with E-state index in [-0.39, 0.29) is 16.7 Å². The van der Waals surface area contributed by atoms with Gasteiger partial charge in [0.2, 0.25) is 0 Å². The summed E-state index contributed by atoms with van der Waals surface area (Å²) < 4.78 is 0. The van der Waals surface area contributed by atoms with Crippen molar-refractivity contribution in [3.63, 3.8) is 0 Å². The van der Waals surface area contributed by atoms with Crippen LogP contribution in [-0.4, -0.2) is 24.1 Å². The second-order valence-electron chi connectivity index (χ2n) is 7.07. The molecule has 0 amide bonds. The third-order valence-electron chi connectivity index (χ3n) is 4.93. The predicted molar refractivity (Wildman–Crippen MR) is 122 cm³/mol. The lowest BCUT2D eigenvalue weighted by atomic mass is 10.0. The van der Waals surface area contributed by atoms with Gasteiger partial charge in [0.15, 0.2) is 5.57 Å². The van der Waals surface area contributed by atoms with Crippen LogP contribution in [0.25, 0.3) is 16.7 Å². The highest BCUT2D eigenvalue weighted by molar-refractivity contribution is 5.85. The van der Waals surface area contributed by atoms with Crippen LogP contribution in [0.4, 0.5) is 5.69 Å². The highest BCUT2D eigenvalue weighted by Crippen LogP contribution is 2.25. The zero-order valence-electron chi connectivity index (χ0n) is 17.8. The van der Waals surface area contributed by atoms with Crippen LogP contribution < -0.4 is 15.6 Å². The Balaban J connectivity index is 2.32. The summed E-state index contributed by atoms with van der Waals surface area (Å²) >= 11 is 0. The van der Waals surface area contributed by atoms with Crippen molar-refractivity contribution in [2.24, 2.45) is 0 Å². The highest BCUT2D eigenvalue weighted by atomic mass is 15.1. The molecule has 8 nitrogen and oxygen atoms in total. The average Bonchev–Trinajstić information content (AvgIpc) is 3.50. The number of nitriles is 5. The van der Waals surface area contributed by atoms with Gasteiger partial charge in [-0.05, 0) is 42.0 Å². The summed E-state index contributed by atoms with van der Waals surface area (Å²) in [7, 11) is 3.88. The highest BCUT2D eigenvalue weighted by Gasteiger charge is 2.15. The van der Waals surface area contributed by atoms with Crippen molar-refractivity contribution >= 4 is 22.4 Å². The van der Waals surface area contributed by atoms with Gasteiger partial charge in [0.05, 0.1) is 11.0 Å². The summed E-state index contributed by atoms with van der Waals surface area (Å²) in [5, 5.41) is 47.2. The molecule has 1 aromatic carbocycles. The minimum absolute atomic E-state index is 0.0434. The molecule has 0 unspecified atom stereocenters. The van der Waals surface area contributed by atoms with Gasteiger partial charge < -0.3 is 14.9 Å². The maximum Gasteiger partial charge on any atom is 0.153 e. The van der Waals surface area contributed by atoms with Gasteiger partial charge in [-0.1, -0.05) is 12.1 Å².